The van der Waals surface area contributed by atoms with Crippen molar-refractivity contribution >= 4 is 5.91 Å². The number of carbonyl (C=O) groups excluding carboxylic acids is 1. The Balaban J connectivity index is 1.61. The van der Waals surface area contributed by atoms with Crippen LogP contribution in [-0.4, -0.2) is 23.7 Å². The molecule has 1 aromatic heterocycles. The Labute approximate surface area is 172 Å². The Bertz CT molecular complexity index is 1020. The average molecular weight is 416 g/mol. The smallest absolute Gasteiger partial charge is 0.255 e. The van der Waals surface area contributed by atoms with E-state index in [2.05, 4.69) is 10.5 Å². The number of nitrogens with one attached hydrogen (secondary N) is 1. The second-order valence-corrected chi connectivity index (χ2v) is 6.85. The lowest BCUT2D eigenvalue weighted by atomic mass is 10.1. The number of nitrogens with zero attached hydrogens (tertiary/aromatic N) is 1. The van der Waals surface area contributed by atoms with Crippen LogP contribution in [0.15, 0.2) is 47.0 Å². The van der Waals surface area contributed by atoms with Crippen LogP contribution < -0.4 is 14.8 Å². The molecule has 1 amide bonds. The van der Waals surface area contributed by atoms with Crippen molar-refractivity contribution in [1.29, 1.82) is 0 Å². The number of benzene rings is 2. The van der Waals surface area contributed by atoms with Gasteiger partial charge in [-0.25, -0.2) is 8.78 Å². The number of halogens is 2. The van der Waals surface area contributed by atoms with E-state index in [1.54, 1.807) is 38.1 Å². The second-order valence-electron chi connectivity index (χ2n) is 6.85. The lowest BCUT2D eigenvalue weighted by molar-refractivity contribution is 0.0921. The van der Waals surface area contributed by atoms with Gasteiger partial charge in [0, 0.05) is 6.07 Å². The third-order valence-electron chi connectivity index (χ3n) is 4.45. The number of aromatic nitrogens is 1. The average Bonchev–Trinajstić information content (AvgIpc) is 3.03. The molecule has 2 aromatic carbocycles. The van der Waals surface area contributed by atoms with Crippen LogP contribution in [-0.2, 0) is 6.61 Å². The van der Waals surface area contributed by atoms with E-state index in [9.17, 15) is 13.6 Å². The van der Waals surface area contributed by atoms with Gasteiger partial charge >= 0.3 is 0 Å². The van der Waals surface area contributed by atoms with Crippen molar-refractivity contribution in [1.82, 2.24) is 10.5 Å². The summed E-state index contributed by atoms with van der Waals surface area (Å²) in [6, 6.07) is 9.46. The number of hydrogen-bond donors (Lipinski definition) is 1. The standard InChI is InChI=1S/C22H22F2N2O4/c1-13(11-28-21-9-8-16(23)10-19(21)24)25-22(27)17-6-4-5-7-20(17)29-12-18-14(2)26-30-15(18)3/h4-10,13H,11-12H2,1-3H3,(H,25,27). The minimum absolute atomic E-state index is 0.0103. The summed E-state index contributed by atoms with van der Waals surface area (Å²) in [5.74, 6) is -0.859. The Hall–Kier alpha value is -3.42. The second kappa shape index (κ2) is 9.39. The monoisotopic (exact) mass is 416 g/mol. The van der Waals surface area contributed by atoms with E-state index in [1.807, 2.05) is 6.92 Å². The molecule has 0 saturated heterocycles. The van der Waals surface area contributed by atoms with Gasteiger partial charge in [0.2, 0.25) is 0 Å². The lowest BCUT2D eigenvalue weighted by Gasteiger charge is -2.17. The van der Waals surface area contributed by atoms with Crippen molar-refractivity contribution in [2.24, 2.45) is 0 Å². The first-order chi connectivity index (χ1) is 14.3. The first-order valence-corrected chi connectivity index (χ1v) is 9.37. The number of hydrogen-bond acceptors (Lipinski definition) is 5. The molecule has 158 valence electrons. The highest BCUT2D eigenvalue weighted by atomic mass is 19.1. The van der Waals surface area contributed by atoms with E-state index >= 15 is 0 Å². The molecular formula is C22H22F2N2O4. The lowest BCUT2D eigenvalue weighted by Crippen LogP contribution is -2.37. The molecule has 0 bridgehead atoms. The molecule has 1 heterocycles. The Morgan fingerprint density at radius 3 is 2.60 bits per heavy atom. The van der Waals surface area contributed by atoms with Gasteiger partial charge in [-0.15, -0.1) is 0 Å². The third-order valence-corrected chi connectivity index (χ3v) is 4.45. The van der Waals surface area contributed by atoms with Crippen LogP contribution in [0.5, 0.6) is 11.5 Å². The summed E-state index contributed by atoms with van der Waals surface area (Å²) in [7, 11) is 0. The predicted molar refractivity (Wildman–Crippen MR) is 106 cm³/mol. The van der Waals surface area contributed by atoms with E-state index in [0.29, 0.717) is 17.1 Å². The Morgan fingerprint density at radius 2 is 1.90 bits per heavy atom. The molecule has 0 aliphatic heterocycles. The molecule has 1 unspecified atom stereocenters. The van der Waals surface area contributed by atoms with E-state index in [4.69, 9.17) is 14.0 Å². The summed E-state index contributed by atoms with van der Waals surface area (Å²) in [5, 5.41) is 6.67. The number of para-hydroxylation sites is 1. The van der Waals surface area contributed by atoms with Crippen LogP contribution in [0.25, 0.3) is 0 Å². The maximum atomic E-state index is 13.7. The first-order valence-electron chi connectivity index (χ1n) is 9.37. The summed E-state index contributed by atoms with van der Waals surface area (Å²) in [6.45, 7) is 5.55. The first kappa shape index (κ1) is 21.3. The van der Waals surface area contributed by atoms with Gasteiger partial charge in [0.05, 0.1) is 22.9 Å². The molecular weight excluding hydrogens is 394 g/mol. The van der Waals surface area contributed by atoms with Crippen molar-refractivity contribution in [3.8, 4) is 11.5 Å². The zero-order valence-electron chi connectivity index (χ0n) is 16.9. The molecule has 3 aromatic rings. The molecule has 8 heteroatoms. The van der Waals surface area contributed by atoms with Gasteiger partial charge in [-0.3, -0.25) is 4.79 Å². The van der Waals surface area contributed by atoms with Crippen LogP contribution in [0.3, 0.4) is 0 Å². The van der Waals surface area contributed by atoms with Gasteiger partial charge in [0.1, 0.15) is 30.5 Å². The third kappa shape index (κ3) is 5.14. The van der Waals surface area contributed by atoms with Crippen molar-refractivity contribution in [3.05, 3.63) is 76.7 Å². The maximum Gasteiger partial charge on any atom is 0.255 e. The predicted octanol–water partition coefficient (Wildman–Crippen LogP) is 4.35. The fourth-order valence-corrected chi connectivity index (χ4v) is 2.79. The topological polar surface area (TPSA) is 73.6 Å². The van der Waals surface area contributed by atoms with Crippen molar-refractivity contribution in [3.63, 3.8) is 0 Å². The summed E-state index contributed by atoms with van der Waals surface area (Å²) >= 11 is 0. The molecule has 0 saturated carbocycles. The van der Waals surface area contributed by atoms with Crippen LogP contribution in [0, 0.1) is 25.5 Å². The Morgan fingerprint density at radius 1 is 1.13 bits per heavy atom. The SMILES string of the molecule is Cc1noc(C)c1COc1ccccc1C(=O)NC(C)COc1ccc(F)cc1F. The van der Waals surface area contributed by atoms with E-state index < -0.39 is 17.7 Å². The van der Waals surface area contributed by atoms with E-state index in [1.165, 1.54) is 6.07 Å². The molecule has 0 radical (unpaired) electrons. The maximum absolute atomic E-state index is 13.7. The van der Waals surface area contributed by atoms with E-state index in [-0.39, 0.29) is 24.9 Å². The molecule has 0 aliphatic rings. The highest BCUT2D eigenvalue weighted by molar-refractivity contribution is 5.97. The molecule has 0 spiro atoms. The zero-order valence-corrected chi connectivity index (χ0v) is 16.9. The van der Waals surface area contributed by atoms with Crippen molar-refractivity contribution in [2.75, 3.05) is 6.61 Å². The number of carbonyl (C=O) groups is 1. The number of amides is 1. The van der Waals surface area contributed by atoms with Crippen LogP contribution in [0.1, 0.15) is 34.3 Å². The summed E-state index contributed by atoms with van der Waals surface area (Å²) in [4.78, 5) is 12.7. The minimum Gasteiger partial charge on any atom is -0.488 e. The molecule has 0 aliphatic carbocycles. The molecule has 1 atom stereocenters. The number of aryl methyl sites for hydroxylation is 2. The number of ether oxygens (including phenoxy) is 2. The number of rotatable bonds is 8. The minimum atomic E-state index is -0.799. The zero-order chi connectivity index (χ0) is 21.7. The van der Waals surface area contributed by atoms with Crippen LogP contribution >= 0.6 is 0 Å². The normalized spacial score (nSPS) is 11.8. The molecule has 0 fully saturated rings. The van der Waals surface area contributed by atoms with Gasteiger partial charge in [0.25, 0.3) is 5.91 Å². The summed E-state index contributed by atoms with van der Waals surface area (Å²) in [6.07, 6.45) is 0. The summed E-state index contributed by atoms with van der Waals surface area (Å²) in [5.41, 5.74) is 1.91. The van der Waals surface area contributed by atoms with Gasteiger partial charge in [0.15, 0.2) is 11.6 Å². The van der Waals surface area contributed by atoms with Crippen molar-refractivity contribution in [2.45, 2.75) is 33.4 Å². The quantitative estimate of drug-likeness (QED) is 0.591. The van der Waals surface area contributed by atoms with Crippen LogP contribution in [0.2, 0.25) is 0 Å². The molecule has 6 nitrogen and oxygen atoms in total. The highest BCUT2D eigenvalue weighted by Gasteiger charge is 2.17. The van der Waals surface area contributed by atoms with Gasteiger partial charge in [-0.1, -0.05) is 17.3 Å². The largest absolute Gasteiger partial charge is 0.488 e. The van der Waals surface area contributed by atoms with Gasteiger partial charge in [-0.2, -0.15) is 0 Å². The van der Waals surface area contributed by atoms with E-state index in [0.717, 1.165) is 23.4 Å². The molecule has 1 N–H and O–H groups in total. The van der Waals surface area contributed by atoms with Crippen molar-refractivity contribution < 1.29 is 27.6 Å². The van der Waals surface area contributed by atoms with Gasteiger partial charge < -0.3 is 19.3 Å². The Kier molecular flexibility index (Phi) is 6.66. The van der Waals surface area contributed by atoms with Crippen LogP contribution in [0.4, 0.5) is 8.78 Å². The highest BCUT2D eigenvalue weighted by Crippen LogP contribution is 2.22. The molecule has 30 heavy (non-hydrogen) atoms. The van der Waals surface area contributed by atoms with Gasteiger partial charge in [-0.05, 0) is 45.0 Å². The fourth-order valence-electron chi connectivity index (χ4n) is 2.79. The fraction of sp³-hybridized carbons (Fsp3) is 0.273. The molecule has 3 rings (SSSR count). The summed E-state index contributed by atoms with van der Waals surface area (Å²) < 4.78 is 42.9.